The zero-order valence-corrected chi connectivity index (χ0v) is 13.1. The van der Waals surface area contributed by atoms with Crippen molar-refractivity contribution in [2.45, 2.75) is 51.1 Å². The molecule has 1 aromatic heterocycles. The van der Waals surface area contributed by atoms with Crippen LogP contribution in [0.1, 0.15) is 56.8 Å². The number of nitrogens with one attached hydrogen (secondary N) is 2. The zero-order valence-electron chi connectivity index (χ0n) is 13.1. The van der Waals surface area contributed by atoms with Gasteiger partial charge in [0.25, 0.3) is 5.89 Å². The van der Waals surface area contributed by atoms with Crippen molar-refractivity contribution in [1.82, 2.24) is 15.5 Å². The maximum atomic E-state index is 11.7. The number of carboxylic acid groups (broad SMARTS) is 1. The van der Waals surface area contributed by atoms with E-state index >= 15 is 0 Å². The summed E-state index contributed by atoms with van der Waals surface area (Å²) in [5.41, 5.74) is 0. The summed E-state index contributed by atoms with van der Waals surface area (Å²) >= 11 is 0. The molecule has 0 bridgehead atoms. The number of aromatic nitrogens is 2. The van der Waals surface area contributed by atoms with Crippen LogP contribution in [0.3, 0.4) is 0 Å². The van der Waals surface area contributed by atoms with Gasteiger partial charge in [0.1, 0.15) is 0 Å². The minimum atomic E-state index is -1.21. The van der Waals surface area contributed by atoms with Gasteiger partial charge in [-0.3, -0.25) is 4.79 Å². The van der Waals surface area contributed by atoms with E-state index in [-0.39, 0.29) is 36.8 Å². The van der Waals surface area contributed by atoms with E-state index in [4.69, 9.17) is 4.52 Å². The average molecular weight is 310 g/mol. The molecule has 2 heterocycles. The van der Waals surface area contributed by atoms with Crippen LogP contribution in [0.25, 0.3) is 0 Å². The van der Waals surface area contributed by atoms with E-state index in [1.165, 1.54) is 4.90 Å². The van der Waals surface area contributed by atoms with Crippen molar-refractivity contribution in [2.75, 3.05) is 13.6 Å². The fourth-order valence-corrected chi connectivity index (χ4v) is 2.66. The predicted molar refractivity (Wildman–Crippen MR) is 73.7 cm³/mol. The summed E-state index contributed by atoms with van der Waals surface area (Å²) in [5, 5.41) is 17.2. The van der Waals surface area contributed by atoms with Gasteiger partial charge in [-0.05, 0) is 6.42 Å². The molecule has 8 nitrogen and oxygen atoms in total. The second-order valence-corrected chi connectivity index (χ2v) is 6.12. The maximum absolute atomic E-state index is 11.7. The Balaban J connectivity index is 1.91. The summed E-state index contributed by atoms with van der Waals surface area (Å²) in [6, 6.07) is 0.0279. The van der Waals surface area contributed by atoms with Crippen molar-refractivity contribution in [3.05, 3.63) is 11.7 Å². The monoisotopic (exact) mass is 310 g/mol. The number of carbonyl (C=O) groups excluding carboxylic acids is 2. The number of nitrogens with zero attached hydrogens (tertiary/aromatic N) is 2. The Bertz CT molecular complexity index is 543. The van der Waals surface area contributed by atoms with E-state index in [1.54, 1.807) is 0 Å². The first-order valence-corrected chi connectivity index (χ1v) is 7.51. The third-order valence-corrected chi connectivity index (χ3v) is 3.88. The molecule has 0 aromatic carbocycles. The normalized spacial score (nSPS) is 24.6. The molecule has 0 radical (unpaired) electrons. The molecule has 0 aliphatic carbocycles. The fourth-order valence-electron chi connectivity index (χ4n) is 2.66. The van der Waals surface area contributed by atoms with Crippen LogP contribution >= 0.6 is 0 Å². The van der Waals surface area contributed by atoms with E-state index in [2.05, 4.69) is 15.5 Å². The molecule has 2 N–H and O–H groups in total. The van der Waals surface area contributed by atoms with Gasteiger partial charge in [0.2, 0.25) is 5.91 Å². The number of aliphatic carboxylic acids is 1. The third-order valence-electron chi connectivity index (χ3n) is 3.88. The molecule has 1 aliphatic heterocycles. The Morgan fingerprint density at radius 1 is 1.45 bits per heavy atom. The molecular weight excluding hydrogens is 288 g/mol. The van der Waals surface area contributed by atoms with Crippen LogP contribution < -0.4 is 15.3 Å². The number of quaternary nitrogens is 1. The molecular formula is C14H22N4O4. The van der Waals surface area contributed by atoms with Gasteiger partial charge in [0, 0.05) is 24.7 Å². The lowest BCUT2D eigenvalue weighted by Crippen LogP contribution is -3.07. The standard InChI is InChI=1S/C14H22N4O4/c1-8(2)13-16-14(22-17-13)10-6-9(7-18(10)3)15-11(19)4-5-12(20)21/h8-10H,4-7H2,1-3H3,(H,15,19)(H,20,21)/t9-,10-/m0/s1. The van der Waals surface area contributed by atoms with Gasteiger partial charge in [-0.25, -0.2) is 0 Å². The maximum Gasteiger partial charge on any atom is 0.285 e. The molecule has 3 atom stereocenters. The molecule has 2 rings (SSSR count). The summed E-state index contributed by atoms with van der Waals surface area (Å²) in [4.78, 5) is 27.7. The van der Waals surface area contributed by atoms with Gasteiger partial charge in [-0.2, -0.15) is 4.98 Å². The van der Waals surface area contributed by atoms with Gasteiger partial charge in [0.15, 0.2) is 11.9 Å². The Labute approximate surface area is 128 Å². The molecule has 1 amide bonds. The highest BCUT2D eigenvalue weighted by molar-refractivity contribution is 5.80. The van der Waals surface area contributed by atoms with Crippen LogP contribution in [0.2, 0.25) is 0 Å². The number of likely N-dealkylation sites (tertiary alicyclic amines) is 1. The molecule has 0 spiro atoms. The number of hydrogen-bond acceptors (Lipinski definition) is 6. The Kier molecular flexibility index (Phi) is 5.12. The van der Waals surface area contributed by atoms with E-state index in [0.29, 0.717) is 18.1 Å². The number of rotatable bonds is 6. The summed E-state index contributed by atoms with van der Waals surface area (Å²) < 4.78 is 5.33. The number of carboxylic acids is 1. The molecule has 8 heteroatoms. The van der Waals surface area contributed by atoms with Crippen LogP contribution in [-0.4, -0.2) is 41.7 Å². The molecule has 1 aromatic rings. The van der Waals surface area contributed by atoms with Crippen LogP contribution in [0.4, 0.5) is 0 Å². The summed E-state index contributed by atoms with van der Waals surface area (Å²) in [6.07, 6.45) is 0.384. The van der Waals surface area contributed by atoms with Crippen LogP contribution in [0, 0.1) is 0 Å². The fraction of sp³-hybridized carbons (Fsp3) is 0.714. The van der Waals surface area contributed by atoms with Gasteiger partial charge in [-0.1, -0.05) is 19.0 Å². The van der Waals surface area contributed by atoms with Crippen molar-refractivity contribution in [1.29, 1.82) is 0 Å². The smallest absolute Gasteiger partial charge is 0.285 e. The number of likely N-dealkylation sites (N-methyl/N-ethyl adjacent to an activating group) is 1. The van der Waals surface area contributed by atoms with Gasteiger partial charge in [0.05, 0.1) is 19.6 Å². The van der Waals surface area contributed by atoms with Crippen molar-refractivity contribution >= 4 is 11.9 Å². The van der Waals surface area contributed by atoms with Crippen molar-refractivity contribution in [2.24, 2.45) is 0 Å². The highest BCUT2D eigenvalue weighted by Gasteiger charge is 2.39. The second-order valence-electron chi connectivity index (χ2n) is 6.12. The van der Waals surface area contributed by atoms with E-state index in [0.717, 1.165) is 6.54 Å². The number of amides is 1. The van der Waals surface area contributed by atoms with Gasteiger partial charge < -0.3 is 24.6 Å². The van der Waals surface area contributed by atoms with Gasteiger partial charge in [-0.15, -0.1) is 0 Å². The number of carbonyl (C=O) groups is 2. The predicted octanol–water partition coefficient (Wildman–Crippen LogP) is -1.83. The average Bonchev–Trinajstić information content (AvgIpc) is 3.03. The second kappa shape index (κ2) is 6.87. The van der Waals surface area contributed by atoms with Crippen LogP contribution in [-0.2, 0) is 9.59 Å². The van der Waals surface area contributed by atoms with Crippen LogP contribution in [0.5, 0.6) is 0 Å². The topological polar surface area (TPSA) is 113 Å². The highest BCUT2D eigenvalue weighted by atomic mass is 16.5. The summed E-state index contributed by atoms with van der Waals surface area (Å²) in [6.45, 7) is 4.74. The number of hydrogen-bond donors (Lipinski definition) is 2. The van der Waals surface area contributed by atoms with Crippen molar-refractivity contribution in [3.63, 3.8) is 0 Å². The Morgan fingerprint density at radius 2 is 2.18 bits per heavy atom. The third kappa shape index (κ3) is 4.03. The van der Waals surface area contributed by atoms with E-state index < -0.39 is 5.97 Å². The highest BCUT2D eigenvalue weighted by Crippen LogP contribution is 2.20. The molecule has 1 unspecified atom stereocenters. The lowest BCUT2D eigenvalue weighted by Gasteiger charge is -2.11. The largest absolute Gasteiger partial charge is 0.550 e. The van der Waals surface area contributed by atoms with Gasteiger partial charge >= 0.3 is 0 Å². The molecule has 122 valence electrons. The quantitative estimate of drug-likeness (QED) is 0.639. The zero-order chi connectivity index (χ0) is 16.3. The molecule has 1 aliphatic rings. The molecule has 1 fully saturated rings. The van der Waals surface area contributed by atoms with Crippen molar-refractivity contribution < 1.29 is 24.1 Å². The van der Waals surface area contributed by atoms with E-state index in [9.17, 15) is 14.7 Å². The van der Waals surface area contributed by atoms with Crippen LogP contribution in [0.15, 0.2) is 4.52 Å². The molecule has 1 saturated heterocycles. The molecule has 22 heavy (non-hydrogen) atoms. The molecule has 0 saturated carbocycles. The SMILES string of the molecule is CC(C)c1noc([C@@H]2C[C@H](NC(=O)CCC(=O)[O-])C[NH+]2C)n1. The lowest BCUT2D eigenvalue weighted by atomic mass is 10.1. The summed E-state index contributed by atoms with van der Waals surface area (Å²) in [5.74, 6) is 0.00146. The first kappa shape index (κ1) is 16.4. The Hall–Kier alpha value is -1.96. The lowest BCUT2D eigenvalue weighted by molar-refractivity contribution is -0.900. The first-order valence-electron chi connectivity index (χ1n) is 7.51. The Morgan fingerprint density at radius 3 is 2.77 bits per heavy atom. The first-order chi connectivity index (χ1) is 10.4. The minimum Gasteiger partial charge on any atom is -0.550 e. The minimum absolute atomic E-state index is 0.0198. The summed E-state index contributed by atoms with van der Waals surface area (Å²) in [7, 11) is 2.01. The van der Waals surface area contributed by atoms with Crippen molar-refractivity contribution in [3.8, 4) is 0 Å². The van der Waals surface area contributed by atoms with E-state index in [1.807, 2.05) is 20.9 Å².